The van der Waals surface area contributed by atoms with Gasteiger partial charge in [-0.05, 0) is 13.8 Å². The van der Waals surface area contributed by atoms with Crippen LogP contribution in [-0.2, 0) is 0 Å². The van der Waals surface area contributed by atoms with Crippen LogP contribution in [0.2, 0.25) is 5.02 Å². The number of rotatable bonds is 1. The molecule has 1 aromatic heterocycles. The zero-order chi connectivity index (χ0) is 7.72. The van der Waals surface area contributed by atoms with E-state index in [1.807, 2.05) is 13.8 Å². The lowest BCUT2D eigenvalue weighted by atomic mass is 10.4. The molecule has 4 heteroatoms. The van der Waals surface area contributed by atoms with E-state index in [-0.39, 0.29) is 11.1 Å². The van der Waals surface area contributed by atoms with Crippen molar-refractivity contribution in [3.63, 3.8) is 0 Å². The van der Waals surface area contributed by atoms with Crippen molar-refractivity contribution in [2.24, 2.45) is 0 Å². The molecule has 0 amide bonds. The Hall–Kier alpha value is -0.570. The minimum atomic E-state index is -0.461. The van der Waals surface area contributed by atoms with E-state index in [2.05, 4.69) is 5.10 Å². The Balaban J connectivity index is 3.05. The zero-order valence-corrected chi connectivity index (χ0v) is 6.56. The minimum Gasteiger partial charge on any atom is -0.236 e. The summed E-state index contributed by atoms with van der Waals surface area (Å²) >= 11 is 5.42. The molecule has 1 heterocycles. The van der Waals surface area contributed by atoms with Crippen molar-refractivity contribution in [3.8, 4) is 0 Å². The van der Waals surface area contributed by atoms with E-state index in [1.54, 1.807) is 0 Å². The van der Waals surface area contributed by atoms with Crippen LogP contribution in [0.1, 0.15) is 19.9 Å². The number of hydrogen-bond donors (Lipinski definition) is 0. The maximum atomic E-state index is 12.8. The highest BCUT2D eigenvalue weighted by Crippen LogP contribution is 2.15. The maximum Gasteiger partial charge on any atom is 0.230 e. The first-order valence-corrected chi connectivity index (χ1v) is 3.39. The van der Waals surface area contributed by atoms with Gasteiger partial charge in [0.25, 0.3) is 0 Å². The predicted octanol–water partition coefficient (Wildman–Crippen LogP) is 2.26. The molecule has 0 aromatic carbocycles. The van der Waals surface area contributed by atoms with Gasteiger partial charge in [-0.1, -0.05) is 11.6 Å². The van der Waals surface area contributed by atoms with Gasteiger partial charge in [0.2, 0.25) is 5.95 Å². The number of nitrogens with zero attached hydrogens (tertiary/aromatic N) is 2. The average molecular weight is 163 g/mol. The van der Waals surface area contributed by atoms with Crippen LogP contribution in [0, 0.1) is 5.95 Å². The third-order valence-corrected chi connectivity index (χ3v) is 1.44. The molecule has 1 rings (SSSR count). The highest BCUT2D eigenvalue weighted by molar-refractivity contribution is 6.30. The van der Waals surface area contributed by atoms with Gasteiger partial charge in [-0.3, -0.25) is 0 Å². The second-order valence-corrected chi connectivity index (χ2v) is 2.73. The van der Waals surface area contributed by atoms with Crippen LogP contribution < -0.4 is 0 Å². The lowest BCUT2D eigenvalue weighted by Crippen LogP contribution is -2.04. The van der Waals surface area contributed by atoms with Crippen molar-refractivity contribution >= 4 is 11.6 Å². The summed E-state index contributed by atoms with van der Waals surface area (Å²) in [5, 5.41) is 3.80. The Kier molecular flexibility index (Phi) is 1.94. The Bertz CT molecular complexity index is 232. The molecule has 0 spiro atoms. The summed E-state index contributed by atoms with van der Waals surface area (Å²) in [7, 11) is 0. The van der Waals surface area contributed by atoms with E-state index in [1.165, 1.54) is 10.9 Å². The smallest absolute Gasteiger partial charge is 0.230 e. The predicted molar refractivity (Wildman–Crippen MR) is 37.6 cm³/mol. The van der Waals surface area contributed by atoms with Gasteiger partial charge >= 0.3 is 0 Å². The van der Waals surface area contributed by atoms with Gasteiger partial charge in [0, 0.05) is 6.04 Å². The number of aromatic nitrogens is 2. The zero-order valence-electron chi connectivity index (χ0n) is 5.81. The molecule has 0 saturated heterocycles. The summed E-state index contributed by atoms with van der Waals surface area (Å²) < 4.78 is 14.0. The Morgan fingerprint density at radius 2 is 2.30 bits per heavy atom. The lowest BCUT2D eigenvalue weighted by Gasteiger charge is -2.03. The van der Waals surface area contributed by atoms with Crippen LogP contribution >= 0.6 is 11.6 Å². The van der Waals surface area contributed by atoms with Crippen LogP contribution in [0.15, 0.2) is 6.20 Å². The first kappa shape index (κ1) is 7.54. The summed E-state index contributed by atoms with van der Waals surface area (Å²) in [5.74, 6) is -0.461. The van der Waals surface area contributed by atoms with E-state index in [0.29, 0.717) is 0 Å². The molecule has 0 aliphatic rings. The molecule has 0 N–H and O–H groups in total. The molecule has 1 aromatic rings. The normalized spacial score (nSPS) is 10.9. The van der Waals surface area contributed by atoms with Gasteiger partial charge in [0.15, 0.2) is 0 Å². The SMILES string of the molecule is CC(C)n1ncc(Cl)c1F. The first-order valence-electron chi connectivity index (χ1n) is 3.01. The van der Waals surface area contributed by atoms with E-state index in [9.17, 15) is 4.39 Å². The van der Waals surface area contributed by atoms with Crippen molar-refractivity contribution in [1.82, 2.24) is 9.78 Å². The standard InChI is InChI=1S/C6H8ClFN2/c1-4(2)10-6(8)5(7)3-9-10/h3-4H,1-2H3. The second-order valence-electron chi connectivity index (χ2n) is 2.32. The molecule has 0 aliphatic heterocycles. The summed E-state index contributed by atoms with van der Waals surface area (Å²) in [6.45, 7) is 3.68. The quantitative estimate of drug-likeness (QED) is 0.620. The summed E-state index contributed by atoms with van der Waals surface area (Å²) in [6.07, 6.45) is 1.30. The Morgan fingerprint density at radius 1 is 1.70 bits per heavy atom. The van der Waals surface area contributed by atoms with Gasteiger partial charge in [-0.15, -0.1) is 0 Å². The molecule has 0 fully saturated rings. The fourth-order valence-corrected chi connectivity index (χ4v) is 0.817. The second kappa shape index (κ2) is 2.58. The van der Waals surface area contributed by atoms with Crippen molar-refractivity contribution in [2.45, 2.75) is 19.9 Å². The molecule has 2 nitrogen and oxygen atoms in total. The number of halogens is 2. The largest absolute Gasteiger partial charge is 0.236 e. The van der Waals surface area contributed by atoms with Gasteiger partial charge in [-0.2, -0.15) is 9.49 Å². The molecule has 56 valence electrons. The summed E-state index contributed by atoms with van der Waals surface area (Å²) in [4.78, 5) is 0. The van der Waals surface area contributed by atoms with Crippen LogP contribution in [0.25, 0.3) is 0 Å². The minimum absolute atomic E-state index is 0.0208. The number of hydrogen-bond acceptors (Lipinski definition) is 1. The van der Waals surface area contributed by atoms with Gasteiger partial charge in [-0.25, -0.2) is 4.68 Å². The Morgan fingerprint density at radius 3 is 2.50 bits per heavy atom. The summed E-state index contributed by atoms with van der Waals surface area (Å²) in [5.41, 5.74) is 0. The van der Waals surface area contributed by atoms with Crippen LogP contribution in [0.4, 0.5) is 4.39 Å². The van der Waals surface area contributed by atoms with Crippen molar-refractivity contribution in [2.75, 3.05) is 0 Å². The molecule has 0 saturated carbocycles. The fourth-order valence-electron chi connectivity index (χ4n) is 0.686. The molecule has 0 bridgehead atoms. The van der Waals surface area contributed by atoms with Crippen molar-refractivity contribution in [3.05, 3.63) is 17.2 Å². The molecule has 0 radical (unpaired) electrons. The van der Waals surface area contributed by atoms with Gasteiger partial charge < -0.3 is 0 Å². The third-order valence-electron chi connectivity index (χ3n) is 1.18. The van der Waals surface area contributed by atoms with E-state index < -0.39 is 5.95 Å². The fraction of sp³-hybridized carbons (Fsp3) is 0.500. The van der Waals surface area contributed by atoms with Gasteiger partial charge in [0.05, 0.1) is 6.20 Å². The molecule has 0 unspecified atom stereocenters. The molecular weight excluding hydrogens is 155 g/mol. The van der Waals surface area contributed by atoms with Crippen molar-refractivity contribution in [1.29, 1.82) is 0 Å². The monoisotopic (exact) mass is 162 g/mol. The molecular formula is C6H8ClFN2. The van der Waals surface area contributed by atoms with Crippen molar-refractivity contribution < 1.29 is 4.39 Å². The first-order chi connectivity index (χ1) is 4.63. The van der Waals surface area contributed by atoms with Crippen LogP contribution in [-0.4, -0.2) is 9.78 Å². The van der Waals surface area contributed by atoms with Gasteiger partial charge in [0.1, 0.15) is 5.02 Å². The highest BCUT2D eigenvalue weighted by Gasteiger charge is 2.09. The van der Waals surface area contributed by atoms with E-state index in [0.717, 1.165) is 0 Å². The molecule has 10 heavy (non-hydrogen) atoms. The van der Waals surface area contributed by atoms with Crippen LogP contribution in [0.3, 0.4) is 0 Å². The average Bonchev–Trinajstić information content (AvgIpc) is 2.14. The Labute approximate surface area is 63.6 Å². The topological polar surface area (TPSA) is 17.8 Å². The third kappa shape index (κ3) is 1.14. The van der Waals surface area contributed by atoms with E-state index in [4.69, 9.17) is 11.6 Å². The highest BCUT2D eigenvalue weighted by atomic mass is 35.5. The van der Waals surface area contributed by atoms with Crippen LogP contribution in [0.5, 0.6) is 0 Å². The summed E-state index contributed by atoms with van der Waals surface area (Å²) in [6, 6.07) is 0.0208. The molecule has 0 aliphatic carbocycles. The van der Waals surface area contributed by atoms with E-state index >= 15 is 0 Å². The lowest BCUT2D eigenvalue weighted by molar-refractivity contribution is 0.416. The molecule has 0 atom stereocenters. The maximum absolute atomic E-state index is 12.8.